The van der Waals surface area contributed by atoms with Gasteiger partial charge in [0.25, 0.3) is 5.91 Å². The van der Waals surface area contributed by atoms with E-state index in [0.717, 1.165) is 53.8 Å². The lowest BCUT2D eigenvalue weighted by atomic mass is 9.88. The number of pyridine rings is 1. The summed E-state index contributed by atoms with van der Waals surface area (Å²) in [5.41, 5.74) is 9.68. The highest BCUT2D eigenvalue weighted by molar-refractivity contribution is 7.89. The summed E-state index contributed by atoms with van der Waals surface area (Å²) < 4.78 is 26.2. The van der Waals surface area contributed by atoms with Gasteiger partial charge in [0.2, 0.25) is 15.9 Å². The maximum absolute atomic E-state index is 12.4. The number of H-pyrrole nitrogens is 1. The largest absolute Gasteiger partial charge is 0.366 e. The van der Waals surface area contributed by atoms with E-state index in [0.29, 0.717) is 37.3 Å². The van der Waals surface area contributed by atoms with Gasteiger partial charge in [0.05, 0.1) is 16.8 Å². The van der Waals surface area contributed by atoms with Gasteiger partial charge in [0, 0.05) is 69.5 Å². The average molecular weight is 539 g/mol. The van der Waals surface area contributed by atoms with Crippen LogP contribution in [0.15, 0.2) is 36.7 Å². The number of nitrogens with one attached hydrogen (secondary N) is 1. The lowest BCUT2D eigenvalue weighted by Crippen LogP contribution is -2.48. The summed E-state index contributed by atoms with van der Waals surface area (Å²) in [4.78, 5) is 35.9. The van der Waals surface area contributed by atoms with Crippen LogP contribution in [-0.2, 0) is 14.8 Å². The number of nitrogens with two attached hydrogens (primary N) is 1. The number of rotatable bonds is 6. The minimum absolute atomic E-state index is 0.0919. The summed E-state index contributed by atoms with van der Waals surface area (Å²) >= 11 is 0. The molecule has 5 rings (SSSR count). The third-order valence-corrected chi connectivity index (χ3v) is 9.75. The molecule has 3 N–H and O–H groups in total. The number of aromatic nitrogens is 2. The molecule has 2 saturated heterocycles. The molecule has 11 heteroatoms. The summed E-state index contributed by atoms with van der Waals surface area (Å²) in [6.45, 7) is 7.06. The van der Waals surface area contributed by atoms with Crippen LogP contribution < -0.4 is 10.6 Å². The van der Waals surface area contributed by atoms with Crippen molar-refractivity contribution in [2.45, 2.75) is 32.6 Å². The second kappa shape index (κ2) is 10.4. The number of carbonyl (C=O) groups excluding carboxylic acids is 2. The first-order valence-corrected chi connectivity index (χ1v) is 14.7. The molecule has 0 aliphatic carbocycles. The Hall–Kier alpha value is -3.44. The second-order valence-electron chi connectivity index (χ2n) is 10.0. The Kier molecular flexibility index (Phi) is 7.15. The molecule has 3 aromatic rings. The van der Waals surface area contributed by atoms with Gasteiger partial charge < -0.3 is 20.5 Å². The van der Waals surface area contributed by atoms with E-state index in [1.165, 1.54) is 0 Å². The molecule has 0 unspecified atom stereocenters. The van der Waals surface area contributed by atoms with Crippen LogP contribution in [0.3, 0.4) is 0 Å². The van der Waals surface area contributed by atoms with E-state index in [-0.39, 0.29) is 17.6 Å². The maximum Gasteiger partial charge on any atom is 0.250 e. The van der Waals surface area contributed by atoms with Crippen LogP contribution in [0.25, 0.3) is 22.0 Å². The van der Waals surface area contributed by atoms with Crippen LogP contribution in [-0.4, -0.2) is 84.4 Å². The number of piperazine rings is 1. The summed E-state index contributed by atoms with van der Waals surface area (Å²) in [5, 5.41) is 0.928. The number of benzene rings is 1. The van der Waals surface area contributed by atoms with E-state index >= 15 is 0 Å². The van der Waals surface area contributed by atoms with Gasteiger partial charge in [-0.1, -0.05) is 0 Å². The van der Waals surface area contributed by atoms with Crippen LogP contribution in [0.5, 0.6) is 0 Å². The molecule has 38 heavy (non-hydrogen) atoms. The SMILES string of the molecule is CCS(=O)(=O)N1CCC(c2c[nH]c3c(C(N)=O)cc(-c4ccc(N5CCN(C(C)=O)CC5)nc4)cc23)CC1. The molecular formula is C27H34N6O4S. The van der Waals surface area contributed by atoms with Gasteiger partial charge in [-0.2, -0.15) is 0 Å². The number of primary amides is 1. The predicted molar refractivity (Wildman–Crippen MR) is 148 cm³/mol. The summed E-state index contributed by atoms with van der Waals surface area (Å²) in [6, 6.07) is 7.82. The molecule has 2 aromatic heterocycles. The number of hydrogen-bond acceptors (Lipinski definition) is 6. The first-order valence-electron chi connectivity index (χ1n) is 13.1. The van der Waals surface area contributed by atoms with Gasteiger partial charge in [-0.3, -0.25) is 9.59 Å². The molecule has 2 amide bonds. The van der Waals surface area contributed by atoms with Crippen molar-refractivity contribution in [3.05, 3.63) is 47.8 Å². The van der Waals surface area contributed by atoms with E-state index in [1.807, 2.05) is 23.2 Å². The van der Waals surface area contributed by atoms with Gasteiger partial charge in [-0.15, -0.1) is 0 Å². The smallest absolute Gasteiger partial charge is 0.250 e. The molecule has 1 aromatic carbocycles. The molecule has 0 saturated carbocycles. The second-order valence-corrected chi connectivity index (χ2v) is 12.3. The molecule has 202 valence electrons. The summed E-state index contributed by atoms with van der Waals surface area (Å²) in [7, 11) is -3.20. The first-order chi connectivity index (χ1) is 18.2. The summed E-state index contributed by atoms with van der Waals surface area (Å²) in [6.07, 6.45) is 5.17. The zero-order chi connectivity index (χ0) is 27.0. The van der Waals surface area contributed by atoms with Crippen molar-refractivity contribution in [3.8, 4) is 11.1 Å². The average Bonchev–Trinajstić information content (AvgIpc) is 3.36. The highest BCUT2D eigenvalue weighted by Crippen LogP contribution is 2.37. The van der Waals surface area contributed by atoms with Crippen molar-refractivity contribution < 1.29 is 18.0 Å². The van der Waals surface area contributed by atoms with Crippen LogP contribution >= 0.6 is 0 Å². The Morgan fingerprint density at radius 3 is 2.34 bits per heavy atom. The molecule has 0 bridgehead atoms. The molecule has 4 heterocycles. The first kappa shape index (κ1) is 26.2. The third kappa shape index (κ3) is 5.00. The number of sulfonamides is 1. The van der Waals surface area contributed by atoms with Crippen molar-refractivity contribution in [3.63, 3.8) is 0 Å². The normalized spacial score (nSPS) is 17.7. The number of nitrogens with zero attached hydrogens (tertiary/aromatic N) is 4. The quantitative estimate of drug-likeness (QED) is 0.496. The van der Waals surface area contributed by atoms with Gasteiger partial charge in [0.15, 0.2) is 0 Å². The minimum Gasteiger partial charge on any atom is -0.366 e. The Labute approximate surface area is 222 Å². The molecule has 0 spiro atoms. The van der Waals surface area contributed by atoms with Crippen molar-refractivity contribution >= 4 is 38.6 Å². The lowest BCUT2D eigenvalue weighted by molar-refractivity contribution is -0.129. The van der Waals surface area contributed by atoms with E-state index < -0.39 is 15.9 Å². The van der Waals surface area contributed by atoms with Crippen LogP contribution in [0.2, 0.25) is 0 Å². The van der Waals surface area contributed by atoms with Crippen LogP contribution in [0, 0.1) is 0 Å². The highest BCUT2D eigenvalue weighted by atomic mass is 32.2. The standard InChI is InChI=1S/C27H34N6O4S/c1-3-38(36,37)33-8-6-19(7-9-33)24-17-30-26-22(24)14-21(15-23(26)27(28)35)20-4-5-25(29-16-20)32-12-10-31(11-13-32)18(2)34/h4-5,14-17,19,30H,3,6-13H2,1-2H3,(H2,28,35). The fraction of sp³-hybridized carbons (Fsp3) is 0.444. The molecule has 2 fully saturated rings. The number of carbonyl (C=O) groups is 2. The zero-order valence-corrected chi connectivity index (χ0v) is 22.6. The van der Waals surface area contributed by atoms with Gasteiger partial charge in [-0.25, -0.2) is 17.7 Å². The fourth-order valence-electron chi connectivity index (χ4n) is 5.57. The monoisotopic (exact) mass is 538 g/mol. The molecule has 0 atom stereocenters. The summed E-state index contributed by atoms with van der Waals surface area (Å²) in [5.74, 6) is 0.718. The van der Waals surface area contributed by atoms with Crippen LogP contribution in [0.4, 0.5) is 5.82 Å². The Bertz CT molecular complexity index is 1450. The lowest BCUT2D eigenvalue weighted by Gasteiger charge is -2.34. The van der Waals surface area contributed by atoms with Crippen molar-refractivity contribution in [1.82, 2.24) is 19.2 Å². The highest BCUT2D eigenvalue weighted by Gasteiger charge is 2.29. The fourth-order valence-corrected chi connectivity index (χ4v) is 6.71. The van der Waals surface area contributed by atoms with Gasteiger partial charge >= 0.3 is 0 Å². The number of anilines is 1. The van der Waals surface area contributed by atoms with Crippen LogP contribution in [0.1, 0.15) is 48.5 Å². The Morgan fingerprint density at radius 2 is 1.76 bits per heavy atom. The van der Waals surface area contributed by atoms with Gasteiger partial charge in [-0.05, 0) is 61.1 Å². The van der Waals surface area contributed by atoms with Gasteiger partial charge in [0.1, 0.15) is 5.82 Å². The number of aromatic amines is 1. The van der Waals surface area contributed by atoms with Crippen molar-refractivity contribution in [2.24, 2.45) is 5.73 Å². The van der Waals surface area contributed by atoms with E-state index in [2.05, 4.69) is 20.9 Å². The Balaban J connectivity index is 1.41. The van der Waals surface area contributed by atoms with E-state index in [4.69, 9.17) is 5.73 Å². The number of amides is 2. The number of piperidine rings is 1. The van der Waals surface area contributed by atoms with E-state index in [9.17, 15) is 18.0 Å². The van der Waals surface area contributed by atoms with E-state index in [1.54, 1.807) is 30.4 Å². The molecule has 2 aliphatic rings. The molecule has 2 aliphatic heterocycles. The zero-order valence-electron chi connectivity index (χ0n) is 21.8. The number of hydrogen-bond donors (Lipinski definition) is 2. The number of fused-ring (bicyclic) bond motifs is 1. The predicted octanol–water partition coefficient (Wildman–Crippen LogP) is 2.53. The Morgan fingerprint density at radius 1 is 1.05 bits per heavy atom. The van der Waals surface area contributed by atoms with Crippen molar-refractivity contribution in [2.75, 3.05) is 49.9 Å². The molecule has 0 radical (unpaired) electrons. The van der Waals surface area contributed by atoms with Crippen molar-refractivity contribution in [1.29, 1.82) is 0 Å². The molecular weight excluding hydrogens is 504 g/mol. The third-order valence-electron chi connectivity index (χ3n) is 7.87. The minimum atomic E-state index is -3.20. The molecule has 10 nitrogen and oxygen atoms in total. The topological polar surface area (TPSA) is 133 Å². The maximum atomic E-state index is 12.4.